The Hall–Kier alpha value is -4.28. The molecular formula is C31H32ClN3O7. The maximum Gasteiger partial charge on any atom is 0.335 e. The lowest BCUT2D eigenvalue weighted by Gasteiger charge is -2.24. The summed E-state index contributed by atoms with van der Waals surface area (Å²) in [5, 5.41) is 13.5. The van der Waals surface area contributed by atoms with Crippen molar-refractivity contribution >= 4 is 23.4 Å². The molecule has 42 heavy (non-hydrogen) atoms. The number of aromatic nitrogens is 3. The predicted octanol–water partition coefficient (Wildman–Crippen LogP) is 5.79. The second kappa shape index (κ2) is 12.7. The molecule has 0 aliphatic carbocycles. The summed E-state index contributed by atoms with van der Waals surface area (Å²) in [7, 11) is 1.47. The summed E-state index contributed by atoms with van der Waals surface area (Å²) in [5.41, 5.74) is 1.41. The minimum absolute atomic E-state index is 0.00839. The van der Waals surface area contributed by atoms with Crippen LogP contribution in [0, 0.1) is 6.92 Å². The zero-order chi connectivity index (χ0) is 30.6. The Kier molecular flexibility index (Phi) is 9.28. The zero-order valence-electron chi connectivity index (χ0n) is 24.0. The number of carboxylic acid groups (broad SMARTS) is 1. The SMILES string of the molecule is COc1cn(C(CCOC(C)(C)C)C(=O)Cc2ccc(C(=O)O)cc2)c(=O)cc1-c1cc(Cl)ccc1-c1nc(C)no1. The molecule has 4 aromatic rings. The van der Waals surface area contributed by atoms with Crippen LogP contribution < -0.4 is 10.3 Å². The van der Waals surface area contributed by atoms with E-state index in [0.29, 0.717) is 38.9 Å². The van der Waals surface area contributed by atoms with Gasteiger partial charge in [0.25, 0.3) is 11.4 Å². The second-order valence-electron chi connectivity index (χ2n) is 10.7. The Morgan fingerprint density at radius 3 is 2.38 bits per heavy atom. The maximum atomic E-state index is 13.7. The van der Waals surface area contributed by atoms with E-state index in [9.17, 15) is 19.5 Å². The van der Waals surface area contributed by atoms with Crippen LogP contribution in [0.3, 0.4) is 0 Å². The Morgan fingerprint density at radius 2 is 1.79 bits per heavy atom. The fraction of sp³-hybridized carbons (Fsp3) is 0.323. The predicted molar refractivity (Wildman–Crippen MR) is 157 cm³/mol. The Labute approximate surface area is 247 Å². The molecule has 220 valence electrons. The lowest BCUT2D eigenvalue weighted by Crippen LogP contribution is -2.32. The van der Waals surface area contributed by atoms with Crippen molar-refractivity contribution in [3.63, 3.8) is 0 Å². The number of aryl methyl sites for hydroxylation is 1. The molecule has 0 saturated carbocycles. The number of carbonyl (C=O) groups excluding carboxylic acids is 1. The third-order valence-electron chi connectivity index (χ3n) is 6.51. The van der Waals surface area contributed by atoms with E-state index in [0.717, 1.165) is 0 Å². The molecule has 11 heteroatoms. The largest absolute Gasteiger partial charge is 0.495 e. The van der Waals surface area contributed by atoms with E-state index in [-0.39, 0.29) is 36.7 Å². The van der Waals surface area contributed by atoms with Gasteiger partial charge in [0.1, 0.15) is 5.75 Å². The van der Waals surface area contributed by atoms with Gasteiger partial charge in [-0.2, -0.15) is 4.98 Å². The molecule has 2 aromatic heterocycles. The first-order chi connectivity index (χ1) is 19.9. The number of nitrogens with zero attached hydrogens (tertiary/aromatic N) is 3. The number of pyridine rings is 1. The fourth-order valence-corrected chi connectivity index (χ4v) is 4.67. The van der Waals surface area contributed by atoms with Crippen LogP contribution in [0.15, 0.2) is 64.0 Å². The van der Waals surface area contributed by atoms with Crippen molar-refractivity contribution in [3.05, 3.63) is 87.1 Å². The smallest absolute Gasteiger partial charge is 0.335 e. The molecular weight excluding hydrogens is 562 g/mol. The van der Waals surface area contributed by atoms with Crippen molar-refractivity contribution in [1.82, 2.24) is 14.7 Å². The van der Waals surface area contributed by atoms with Crippen molar-refractivity contribution < 1.29 is 28.7 Å². The highest BCUT2D eigenvalue weighted by Crippen LogP contribution is 2.38. The Bertz CT molecular complexity index is 1650. The quantitative estimate of drug-likeness (QED) is 0.229. The van der Waals surface area contributed by atoms with Gasteiger partial charge < -0.3 is 23.7 Å². The molecule has 10 nitrogen and oxygen atoms in total. The van der Waals surface area contributed by atoms with E-state index >= 15 is 0 Å². The number of carboxylic acids is 1. The summed E-state index contributed by atoms with van der Waals surface area (Å²) in [4.78, 5) is 42.9. The number of ketones is 1. The van der Waals surface area contributed by atoms with Gasteiger partial charge in [0, 0.05) is 35.2 Å². The van der Waals surface area contributed by atoms with E-state index in [4.69, 9.17) is 25.6 Å². The molecule has 1 atom stereocenters. The number of methoxy groups -OCH3 is 1. The Morgan fingerprint density at radius 1 is 1.07 bits per heavy atom. The number of rotatable bonds is 11. The van der Waals surface area contributed by atoms with E-state index in [1.54, 1.807) is 37.3 Å². The molecule has 1 unspecified atom stereocenters. The van der Waals surface area contributed by atoms with Crippen molar-refractivity contribution in [1.29, 1.82) is 0 Å². The Balaban J connectivity index is 1.76. The number of aromatic carboxylic acids is 1. The van der Waals surface area contributed by atoms with Gasteiger partial charge >= 0.3 is 5.97 Å². The second-order valence-corrected chi connectivity index (χ2v) is 11.2. The van der Waals surface area contributed by atoms with Crippen LogP contribution in [0.1, 0.15) is 55.0 Å². The van der Waals surface area contributed by atoms with E-state index in [1.165, 1.54) is 36.1 Å². The highest BCUT2D eigenvalue weighted by atomic mass is 35.5. The molecule has 2 aromatic carbocycles. The van der Waals surface area contributed by atoms with Crippen LogP contribution >= 0.6 is 11.6 Å². The molecule has 1 N–H and O–H groups in total. The molecule has 0 bridgehead atoms. The number of hydrogen-bond acceptors (Lipinski definition) is 8. The topological polar surface area (TPSA) is 134 Å². The molecule has 0 radical (unpaired) electrons. The highest BCUT2D eigenvalue weighted by molar-refractivity contribution is 6.31. The molecule has 0 fully saturated rings. The standard InChI is InChI=1S/C31H32ClN3O7/c1-18-33-29(42-34-18)22-11-10-21(32)15-23(22)24-16-28(37)35(17-27(24)40-5)25(12-13-41-31(2,3)4)26(36)14-19-6-8-20(9-7-19)30(38)39/h6-11,15-17,25H,12-14H2,1-5H3,(H,38,39). The molecule has 0 aliphatic heterocycles. The zero-order valence-corrected chi connectivity index (χ0v) is 24.8. The molecule has 0 aliphatic rings. The van der Waals surface area contributed by atoms with Crippen LogP contribution in [-0.4, -0.2) is 50.9 Å². The lowest BCUT2D eigenvalue weighted by molar-refractivity contribution is -0.122. The summed E-state index contributed by atoms with van der Waals surface area (Å²) < 4.78 is 18.3. The van der Waals surface area contributed by atoms with Crippen LogP contribution in [0.2, 0.25) is 5.02 Å². The van der Waals surface area contributed by atoms with Gasteiger partial charge in [-0.25, -0.2) is 4.79 Å². The van der Waals surface area contributed by atoms with Gasteiger partial charge in [0.15, 0.2) is 11.6 Å². The summed E-state index contributed by atoms with van der Waals surface area (Å²) in [6.45, 7) is 7.65. The average molecular weight is 594 g/mol. The summed E-state index contributed by atoms with van der Waals surface area (Å²) in [6.07, 6.45) is 1.73. The van der Waals surface area contributed by atoms with Gasteiger partial charge in [0.2, 0.25) is 0 Å². The van der Waals surface area contributed by atoms with E-state index in [1.807, 2.05) is 20.8 Å². The van der Waals surface area contributed by atoms with Crippen molar-refractivity contribution in [2.24, 2.45) is 0 Å². The highest BCUT2D eigenvalue weighted by Gasteiger charge is 2.26. The first-order valence-electron chi connectivity index (χ1n) is 13.3. The van der Waals surface area contributed by atoms with Crippen LogP contribution in [0.25, 0.3) is 22.6 Å². The summed E-state index contributed by atoms with van der Waals surface area (Å²) >= 11 is 6.33. The number of Topliss-reactive ketones (excluding diaryl/α,β-unsaturated/α-hetero) is 1. The van der Waals surface area contributed by atoms with E-state index < -0.39 is 23.2 Å². The third kappa shape index (κ3) is 7.32. The van der Waals surface area contributed by atoms with Crippen LogP contribution in [-0.2, 0) is 16.0 Å². The average Bonchev–Trinajstić information content (AvgIpc) is 3.36. The number of carbonyl (C=O) groups is 2. The number of hydrogen-bond donors (Lipinski definition) is 1. The summed E-state index contributed by atoms with van der Waals surface area (Å²) in [6, 6.07) is 11.7. The minimum atomic E-state index is -1.05. The molecule has 0 saturated heterocycles. The van der Waals surface area contributed by atoms with Gasteiger partial charge in [-0.15, -0.1) is 0 Å². The summed E-state index contributed by atoms with van der Waals surface area (Å²) in [5.74, 6) is -0.260. The normalized spacial score (nSPS) is 12.2. The van der Waals surface area contributed by atoms with Crippen molar-refractivity contribution in [3.8, 4) is 28.3 Å². The first kappa shape index (κ1) is 30.7. The van der Waals surface area contributed by atoms with Gasteiger partial charge in [0.05, 0.1) is 30.5 Å². The van der Waals surface area contributed by atoms with E-state index in [2.05, 4.69) is 10.1 Å². The molecule has 0 amide bonds. The lowest BCUT2D eigenvalue weighted by atomic mass is 9.98. The van der Waals surface area contributed by atoms with Crippen molar-refractivity contribution in [2.45, 2.75) is 52.2 Å². The molecule has 2 heterocycles. The van der Waals surface area contributed by atoms with Crippen molar-refractivity contribution in [2.75, 3.05) is 13.7 Å². The van der Waals surface area contributed by atoms with Crippen LogP contribution in [0.4, 0.5) is 0 Å². The maximum absolute atomic E-state index is 13.7. The molecule has 0 spiro atoms. The van der Waals surface area contributed by atoms with Gasteiger partial charge in [-0.05, 0) is 75.6 Å². The molecule has 4 rings (SSSR count). The minimum Gasteiger partial charge on any atom is -0.495 e. The fourth-order valence-electron chi connectivity index (χ4n) is 4.49. The monoisotopic (exact) mass is 593 g/mol. The van der Waals surface area contributed by atoms with Crippen LogP contribution in [0.5, 0.6) is 5.75 Å². The number of ether oxygens (including phenoxy) is 2. The third-order valence-corrected chi connectivity index (χ3v) is 6.74. The number of halogens is 1. The number of benzene rings is 2. The first-order valence-corrected chi connectivity index (χ1v) is 13.6. The van der Waals surface area contributed by atoms with Gasteiger partial charge in [-0.1, -0.05) is 28.9 Å². The van der Waals surface area contributed by atoms with Gasteiger partial charge in [-0.3, -0.25) is 9.59 Å².